The summed E-state index contributed by atoms with van der Waals surface area (Å²) in [5.41, 5.74) is 5.32. The normalized spacial score (nSPS) is 15.1. The number of aliphatic hydroxyl groups excluding tert-OH is 1. The molecule has 4 atom stereocenters. The van der Waals surface area contributed by atoms with E-state index in [0.29, 0.717) is 25.7 Å². The van der Waals surface area contributed by atoms with Gasteiger partial charge in [-0.1, -0.05) is 150 Å². The number of carboxylic acids is 1. The van der Waals surface area contributed by atoms with Crippen LogP contribution < -0.4 is 5.73 Å². The number of rotatable bonds is 39. The molecule has 0 rings (SSSR count). The lowest BCUT2D eigenvalue weighted by atomic mass is 10.1. The highest BCUT2D eigenvalue weighted by molar-refractivity contribution is 7.47. The van der Waals surface area contributed by atoms with Crippen molar-refractivity contribution in [3.63, 3.8) is 0 Å². The number of phosphoric acid groups is 1. The summed E-state index contributed by atoms with van der Waals surface area (Å²) in [5, 5.41) is 18.9. The van der Waals surface area contributed by atoms with Crippen LogP contribution in [0.15, 0.2) is 85.1 Å². The SMILES string of the molecule is CC/C=C\C/C=C\CC(O)/C=C/C=C\C/C=C\C/C=C\CCC(=O)OC[C@H](COP(=O)(O)OC[C@H](N)C(=O)O)OC(=O)CCCCCCCCC/C=C\CCCCCC. The van der Waals surface area contributed by atoms with Gasteiger partial charge in [-0.25, -0.2) is 4.57 Å². The van der Waals surface area contributed by atoms with Crippen LogP contribution in [0.5, 0.6) is 0 Å². The molecule has 2 unspecified atom stereocenters. The summed E-state index contributed by atoms with van der Waals surface area (Å²) in [4.78, 5) is 45.9. The molecule has 0 aromatic carbocycles. The lowest BCUT2D eigenvalue weighted by Gasteiger charge is -2.20. The summed E-state index contributed by atoms with van der Waals surface area (Å²) in [6.07, 6.45) is 45.4. The lowest BCUT2D eigenvalue weighted by Crippen LogP contribution is -2.34. The maximum Gasteiger partial charge on any atom is 0.472 e. The Labute approximate surface area is 355 Å². The number of phosphoric ester groups is 1. The highest BCUT2D eigenvalue weighted by atomic mass is 31.2. The van der Waals surface area contributed by atoms with Gasteiger partial charge in [0.2, 0.25) is 0 Å². The standard InChI is InChI=1S/C46H76NO11P/c1-3-5-7-9-11-12-13-14-15-16-17-22-25-29-33-37-45(50)58-42(39-56-59(53,54)57-40-43(47)46(51)52)38-55-44(49)36-32-28-24-21-19-18-20-23-27-31-35-41(48)34-30-26-10-8-6-4-2/h6,8,12-13,18-19,23-24,26-28,30-31,35,41-43,48H,3-5,7,9-11,14-17,20-22,25,29,32-34,36-40,47H2,1-2H3,(H,51,52)(H,53,54)/b8-6-,13-12-,19-18-,27-23-,28-24-,30-26-,35-31+/t41?,42-,43+/m1/s1. The van der Waals surface area contributed by atoms with E-state index < -0.39 is 63.8 Å². The Hall–Kier alpha value is -3.38. The minimum Gasteiger partial charge on any atom is -0.480 e. The first-order chi connectivity index (χ1) is 28.5. The molecule has 5 N–H and O–H groups in total. The van der Waals surface area contributed by atoms with Gasteiger partial charge in [0.1, 0.15) is 12.6 Å². The molecule has 13 heteroatoms. The van der Waals surface area contributed by atoms with Crippen molar-refractivity contribution in [2.75, 3.05) is 19.8 Å². The van der Waals surface area contributed by atoms with Gasteiger partial charge >= 0.3 is 25.7 Å². The number of unbranched alkanes of at least 4 members (excludes halogenated alkanes) is 11. The molecule has 0 saturated carbocycles. The zero-order valence-corrected chi connectivity index (χ0v) is 36.8. The van der Waals surface area contributed by atoms with Crippen LogP contribution in [0.2, 0.25) is 0 Å². The zero-order chi connectivity index (χ0) is 43.7. The highest BCUT2D eigenvalue weighted by Gasteiger charge is 2.28. The van der Waals surface area contributed by atoms with Gasteiger partial charge < -0.3 is 30.3 Å². The molecule has 0 radical (unpaired) electrons. The monoisotopic (exact) mass is 850 g/mol. The van der Waals surface area contributed by atoms with Gasteiger partial charge in [0, 0.05) is 12.8 Å². The van der Waals surface area contributed by atoms with Crippen LogP contribution in [-0.2, 0) is 37.5 Å². The second-order valence-corrected chi connectivity index (χ2v) is 15.7. The molecule has 0 saturated heterocycles. The summed E-state index contributed by atoms with van der Waals surface area (Å²) < 4.78 is 32.6. The smallest absolute Gasteiger partial charge is 0.472 e. The topological polar surface area (TPSA) is 192 Å². The first-order valence-electron chi connectivity index (χ1n) is 21.7. The fourth-order valence-corrected chi connectivity index (χ4v) is 6.06. The van der Waals surface area contributed by atoms with Crippen LogP contribution in [-0.4, -0.2) is 71.1 Å². The van der Waals surface area contributed by atoms with Crippen LogP contribution in [0.3, 0.4) is 0 Å². The molecule has 0 fully saturated rings. The van der Waals surface area contributed by atoms with Gasteiger partial charge in [-0.2, -0.15) is 0 Å². The summed E-state index contributed by atoms with van der Waals surface area (Å²) >= 11 is 0. The van der Waals surface area contributed by atoms with Gasteiger partial charge in [0.05, 0.1) is 19.3 Å². The van der Waals surface area contributed by atoms with Crippen molar-refractivity contribution in [3.8, 4) is 0 Å². The van der Waals surface area contributed by atoms with E-state index in [1.807, 2.05) is 54.7 Å². The molecule has 0 aromatic heterocycles. The first kappa shape index (κ1) is 55.6. The third-order valence-electron chi connectivity index (χ3n) is 8.72. The highest BCUT2D eigenvalue weighted by Crippen LogP contribution is 2.43. The van der Waals surface area contributed by atoms with Crippen LogP contribution in [0.25, 0.3) is 0 Å². The van der Waals surface area contributed by atoms with Crippen LogP contribution in [0.1, 0.15) is 149 Å². The molecule has 0 spiro atoms. The number of hydrogen-bond acceptors (Lipinski definition) is 10. The number of allylic oxidation sites excluding steroid dienone is 12. The molecule has 0 bridgehead atoms. The van der Waals surface area contributed by atoms with E-state index in [1.54, 1.807) is 6.08 Å². The molecule has 12 nitrogen and oxygen atoms in total. The van der Waals surface area contributed by atoms with Crippen molar-refractivity contribution in [2.45, 2.75) is 167 Å². The third-order valence-corrected chi connectivity index (χ3v) is 9.67. The fourth-order valence-electron chi connectivity index (χ4n) is 5.29. The number of carbonyl (C=O) groups is 3. The van der Waals surface area contributed by atoms with E-state index in [-0.39, 0.29) is 12.8 Å². The van der Waals surface area contributed by atoms with E-state index in [2.05, 4.69) is 42.7 Å². The number of carbonyl (C=O) groups excluding carboxylic acids is 2. The molecule has 0 heterocycles. The zero-order valence-electron chi connectivity index (χ0n) is 35.9. The third kappa shape index (κ3) is 39.8. The van der Waals surface area contributed by atoms with Gasteiger partial charge in [-0.05, 0) is 70.6 Å². The van der Waals surface area contributed by atoms with E-state index in [1.165, 1.54) is 44.9 Å². The van der Waals surface area contributed by atoms with E-state index in [4.69, 9.17) is 24.8 Å². The predicted octanol–water partition coefficient (Wildman–Crippen LogP) is 10.5. The fraction of sp³-hybridized carbons (Fsp3) is 0.630. The summed E-state index contributed by atoms with van der Waals surface area (Å²) in [6, 6.07) is -1.54. The van der Waals surface area contributed by atoms with Crippen molar-refractivity contribution < 1.29 is 52.6 Å². The van der Waals surface area contributed by atoms with Crippen LogP contribution >= 0.6 is 7.82 Å². The maximum atomic E-state index is 12.6. The van der Waals surface area contributed by atoms with Crippen LogP contribution in [0, 0.1) is 0 Å². The predicted molar refractivity (Wildman–Crippen MR) is 236 cm³/mol. The molecule has 0 aliphatic carbocycles. The molecule has 0 amide bonds. The number of aliphatic carboxylic acids is 1. The Kier molecular flexibility index (Phi) is 37.8. The van der Waals surface area contributed by atoms with Crippen molar-refractivity contribution in [3.05, 3.63) is 85.1 Å². The van der Waals surface area contributed by atoms with Crippen molar-refractivity contribution in [1.29, 1.82) is 0 Å². The number of ether oxygens (including phenoxy) is 2. The summed E-state index contributed by atoms with van der Waals surface area (Å²) in [5.74, 6) is -2.54. The Bertz CT molecular complexity index is 1340. The molecule has 336 valence electrons. The number of hydrogen-bond donors (Lipinski definition) is 4. The average molecular weight is 850 g/mol. The van der Waals surface area contributed by atoms with E-state index in [0.717, 1.165) is 51.4 Å². The van der Waals surface area contributed by atoms with Gasteiger partial charge in [-0.15, -0.1) is 0 Å². The second-order valence-electron chi connectivity index (χ2n) is 14.3. The van der Waals surface area contributed by atoms with Crippen LogP contribution in [0.4, 0.5) is 0 Å². The average Bonchev–Trinajstić information content (AvgIpc) is 3.21. The molecular formula is C46H76NO11P. The van der Waals surface area contributed by atoms with E-state index >= 15 is 0 Å². The minimum absolute atomic E-state index is 0.0683. The van der Waals surface area contributed by atoms with Crippen molar-refractivity contribution in [2.24, 2.45) is 5.73 Å². The first-order valence-corrected chi connectivity index (χ1v) is 23.2. The number of nitrogens with two attached hydrogens (primary N) is 1. The van der Waals surface area contributed by atoms with Crippen molar-refractivity contribution in [1.82, 2.24) is 0 Å². The molecule has 59 heavy (non-hydrogen) atoms. The number of esters is 2. The molecular weight excluding hydrogens is 773 g/mol. The van der Waals surface area contributed by atoms with Crippen molar-refractivity contribution >= 4 is 25.7 Å². The van der Waals surface area contributed by atoms with Gasteiger partial charge in [0.25, 0.3) is 0 Å². The quantitative estimate of drug-likeness (QED) is 0.0151. The largest absolute Gasteiger partial charge is 0.480 e. The number of carboxylic acid groups (broad SMARTS) is 1. The molecule has 0 aromatic rings. The Morgan fingerprint density at radius 3 is 1.85 bits per heavy atom. The Morgan fingerprint density at radius 1 is 0.627 bits per heavy atom. The maximum absolute atomic E-state index is 12.6. The van der Waals surface area contributed by atoms with Gasteiger partial charge in [0.15, 0.2) is 6.10 Å². The molecule has 0 aliphatic rings. The number of aliphatic hydroxyl groups is 1. The summed E-state index contributed by atoms with van der Waals surface area (Å²) in [7, 11) is -4.75. The Morgan fingerprint density at radius 2 is 1.19 bits per heavy atom. The minimum atomic E-state index is -4.75. The lowest BCUT2D eigenvalue weighted by molar-refractivity contribution is -0.161. The Balaban J connectivity index is 4.56. The molecule has 0 aliphatic heterocycles. The van der Waals surface area contributed by atoms with E-state index in [9.17, 15) is 28.9 Å². The summed E-state index contributed by atoms with van der Waals surface area (Å²) in [6.45, 7) is 2.50. The second kappa shape index (κ2) is 40.0. The van der Waals surface area contributed by atoms with Gasteiger partial charge in [-0.3, -0.25) is 23.4 Å².